The normalized spacial score (nSPS) is 22.7. The van der Waals surface area contributed by atoms with Crippen LogP contribution in [0, 0.1) is 17.2 Å². The molecule has 7 nitrogen and oxygen atoms in total. The molecule has 1 fully saturated rings. The minimum atomic E-state index is -1.62. The number of carbonyl (C=O) groups is 3. The molecule has 41 heavy (non-hydrogen) atoms. The van der Waals surface area contributed by atoms with Crippen molar-refractivity contribution in [1.29, 1.82) is 0 Å². The van der Waals surface area contributed by atoms with E-state index in [0.717, 1.165) is 0 Å². The van der Waals surface area contributed by atoms with Gasteiger partial charge in [-0.1, -0.05) is 62.4 Å². The Kier molecular flexibility index (Phi) is 8.03. The zero-order chi connectivity index (χ0) is 29.1. The lowest BCUT2D eigenvalue weighted by molar-refractivity contribution is -0.160. The molecule has 8 heteroatoms. The molecule has 3 aromatic carbocycles. The number of rotatable bonds is 8. The summed E-state index contributed by atoms with van der Waals surface area (Å²) >= 11 is 0. The van der Waals surface area contributed by atoms with Gasteiger partial charge in [-0.3, -0.25) is 14.4 Å². The molecule has 3 aromatic rings. The molecule has 1 unspecified atom stereocenters. The topological polar surface area (TPSA) is 95.9 Å². The Morgan fingerprint density at radius 1 is 1.00 bits per heavy atom. The first-order valence-corrected chi connectivity index (χ1v) is 13.8. The summed E-state index contributed by atoms with van der Waals surface area (Å²) in [6.07, 6.45) is -0.933. The van der Waals surface area contributed by atoms with E-state index in [1.807, 2.05) is 50.2 Å². The highest BCUT2D eigenvalue weighted by Crippen LogP contribution is 2.54. The van der Waals surface area contributed by atoms with Crippen LogP contribution in [0.3, 0.4) is 0 Å². The Bertz CT molecular complexity index is 1460. The van der Waals surface area contributed by atoms with Gasteiger partial charge in [0.15, 0.2) is 5.41 Å². The second-order valence-electron chi connectivity index (χ2n) is 10.8. The van der Waals surface area contributed by atoms with Gasteiger partial charge >= 0.3 is 5.97 Å². The average Bonchev–Trinajstić information content (AvgIpc) is 3.22. The first-order valence-electron chi connectivity index (χ1n) is 13.8. The number of hydrogen-bond donors (Lipinski definition) is 2. The van der Waals surface area contributed by atoms with Gasteiger partial charge in [0.2, 0.25) is 11.8 Å². The van der Waals surface area contributed by atoms with Crippen molar-refractivity contribution >= 4 is 34.7 Å². The van der Waals surface area contributed by atoms with Crippen molar-refractivity contribution in [3.8, 4) is 0 Å². The molecular formula is C33H33FN2O5. The largest absolute Gasteiger partial charge is 0.462 e. The number of halogens is 1. The minimum Gasteiger partial charge on any atom is -0.462 e. The Labute approximate surface area is 238 Å². The number of aliphatic hydroxyl groups excluding tert-OH is 1. The maximum atomic E-state index is 14.7. The van der Waals surface area contributed by atoms with Crippen LogP contribution in [0.2, 0.25) is 0 Å². The summed E-state index contributed by atoms with van der Waals surface area (Å²) in [6, 6.07) is 24.1. The Morgan fingerprint density at radius 3 is 2.24 bits per heavy atom. The lowest BCUT2D eigenvalue weighted by Crippen LogP contribution is -2.49. The van der Waals surface area contributed by atoms with Gasteiger partial charge in [-0.2, -0.15) is 0 Å². The standard InChI is InChI=1S/C33H33FN2O5/c1-21(2)33(31(39)35-25-11-7-4-8-12-25)29(22-9-5-3-6-10-22)30(23-13-15-24(34)16-14-23)36(32(33)40)18-17-27-19-26(37)20-28(38)41-27/h3-16,21,26-27,37H,17-20H2,1-2H3,(H,35,39)/t26-,27-,33?/m1/s1. The van der Waals surface area contributed by atoms with Crippen LogP contribution in [0.4, 0.5) is 10.1 Å². The van der Waals surface area contributed by atoms with E-state index >= 15 is 0 Å². The van der Waals surface area contributed by atoms with Crippen LogP contribution >= 0.6 is 0 Å². The maximum absolute atomic E-state index is 14.7. The van der Waals surface area contributed by atoms with E-state index in [2.05, 4.69) is 5.32 Å². The van der Waals surface area contributed by atoms with Crippen LogP contribution in [-0.4, -0.2) is 46.5 Å². The van der Waals surface area contributed by atoms with Gasteiger partial charge in [-0.25, -0.2) is 4.39 Å². The lowest BCUT2D eigenvalue weighted by atomic mass is 9.68. The number of benzene rings is 3. The van der Waals surface area contributed by atoms with Gasteiger partial charge in [0, 0.05) is 30.6 Å². The molecule has 2 heterocycles. The summed E-state index contributed by atoms with van der Waals surface area (Å²) < 4.78 is 19.5. The predicted octanol–water partition coefficient (Wildman–Crippen LogP) is 5.27. The number of anilines is 1. The quantitative estimate of drug-likeness (QED) is 0.291. The lowest BCUT2D eigenvalue weighted by Gasteiger charge is -2.34. The monoisotopic (exact) mass is 556 g/mol. The molecule has 212 valence electrons. The molecule has 0 aromatic heterocycles. The van der Waals surface area contributed by atoms with Crippen molar-refractivity contribution < 1.29 is 28.6 Å². The van der Waals surface area contributed by atoms with E-state index in [-0.39, 0.29) is 25.8 Å². The molecule has 5 rings (SSSR count). The molecule has 2 N–H and O–H groups in total. The fourth-order valence-electron chi connectivity index (χ4n) is 5.90. The van der Waals surface area contributed by atoms with Gasteiger partial charge in [-0.05, 0) is 53.4 Å². The highest BCUT2D eigenvalue weighted by atomic mass is 19.1. The van der Waals surface area contributed by atoms with Crippen LogP contribution in [0.1, 0.15) is 44.2 Å². The summed E-state index contributed by atoms with van der Waals surface area (Å²) in [4.78, 5) is 42.7. The Balaban J connectivity index is 1.68. The third-order valence-corrected chi connectivity index (χ3v) is 7.83. The zero-order valence-electron chi connectivity index (χ0n) is 23.0. The number of nitrogens with zero attached hydrogens (tertiary/aromatic N) is 1. The van der Waals surface area contributed by atoms with Gasteiger partial charge in [0.25, 0.3) is 0 Å². The van der Waals surface area contributed by atoms with E-state index in [4.69, 9.17) is 4.74 Å². The number of carbonyl (C=O) groups excluding carboxylic acids is 3. The summed E-state index contributed by atoms with van der Waals surface area (Å²) in [7, 11) is 0. The Morgan fingerprint density at radius 2 is 1.63 bits per heavy atom. The van der Waals surface area contributed by atoms with Crippen LogP contribution in [0.25, 0.3) is 11.3 Å². The van der Waals surface area contributed by atoms with Crippen molar-refractivity contribution in [3.63, 3.8) is 0 Å². The van der Waals surface area contributed by atoms with Crippen molar-refractivity contribution in [2.45, 2.75) is 45.3 Å². The summed E-state index contributed by atoms with van der Waals surface area (Å²) in [5.41, 5.74) is 1.24. The fraction of sp³-hybridized carbons (Fsp3) is 0.303. The second-order valence-corrected chi connectivity index (χ2v) is 10.8. The fourth-order valence-corrected chi connectivity index (χ4v) is 5.90. The number of hydrogen-bond acceptors (Lipinski definition) is 5. The van der Waals surface area contributed by atoms with Gasteiger partial charge < -0.3 is 20.1 Å². The molecule has 0 spiro atoms. The third-order valence-electron chi connectivity index (χ3n) is 7.83. The van der Waals surface area contributed by atoms with Crippen LogP contribution in [0.15, 0.2) is 84.9 Å². The van der Waals surface area contributed by atoms with Crippen molar-refractivity contribution in [1.82, 2.24) is 4.90 Å². The Hall–Kier alpha value is -4.30. The van der Waals surface area contributed by atoms with E-state index in [1.54, 1.807) is 41.3 Å². The average molecular weight is 557 g/mol. The van der Waals surface area contributed by atoms with E-state index in [9.17, 15) is 23.9 Å². The van der Waals surface area contributed by atoms with Crippen molar-refractivity contribution in [2.24, 2.45) is 11.3 Å². The van der Waals surface area contributed by atoms with Gasteiger partial charge in [-0.15, -0.1) is 0 Å². The number of para-hydroxylation sites is 1. The van der Waals surface area contributed by atoms with Gasteiger partial charge in [0.05, 0.1) is 18.2 Å². The highest BCUT2D eigenvalue weighted by molar-refractivity contribution is 6.28. The first kappa shape index (κ1) is 28.2. The molecule has 0 aliphatic carbocycles. The maximum Gasteiger partial charge on any atom is 0.308 e. The van der Waals surface area contributed by atoms with E-state index in [1.165, 1.54) is 12.1 Å². The van der Waals surface area contributed by atoms with Crippen LogP contribution in [-0.2, 0) is 19.1 Å². The van der Waals surface area contributed by atoms with Crippen molar-refractivity contribution in [2.75, 3.05) is 11.9 Å². The van der Waals surface area contributed by atoms with Gasteiger partial charge in [0.1, 0.15) is 11.9 Å². The molecule has 0 radical (unpaired) electrons. The molecule has 0 saturated carbocycles. The smallest absolute Gasteiger partial charge is 0.308 e. The molecule has 2 amide bonds. The number of cyclic esters (lactones) is 1. The second kappa shape index (κ2) is 11.7. The zero-order valence-corrected chi connectivity index (χ0v) is 23.0. The number of aliphatic hydroxyl groups is 1. The molecule has 1 saturated heterocycles. The number of ether oxygens (including phenoxy) is 1. The summed E-state index contributed by atoms with van der Waals surface area (Å²) in [5, 5.41) is 13.1. The van der Waals surface area contributed by atoms with Crippen molar-refractivity contribution in [3.05, 3.63) is 102 Å². The summed E-state index contributed by atoms with van der Waals surface area (Å²) in [6.45, 7) is 3.81. The van der Waals surface area contributed by atoms with E-state index < -0.39 is 47.1 Å². The number of amides is 2. The number of esters is 1. The van der Waals surface area contributed by atoms with E-state index in [0.29, 0.717) is 28.1 Å². The molecular weight excluding hydrogens is 523 g/mol. The van der Waals surface area contributed by atoms with Crippen LogP contribution < -0.4 is 5.32 Å². The predicted molar refractivity (Wildman–Crippen MR) is 153 cm³/mol. The molecule has 0 bridgehead atoms. The van der Waals surface area contributed by atoms with Crippen LogP contribution in [0.5, 0.6) is 0 Å². The first-order chi connectivity index (χ1) is 19.7. The molecule has 3 atom stereocenters. The third kappa shape index (κ3) is 5.39. The minimum absolute atomic E-state index is 0.0614. The highest BCUT2D eigenvalue weighted by Gasteiger charge is 2.60. The summed E-state index contributed by atoms with van der Waals surface area (Å²) in [5.74, 6) is -2.26. The molecule has 2 aliphatic heterocycles. The SMILES string of the molecule is CC(C)C1(C(=O)Nc2ccccc2)C(=O)N(CC[C@@H]2C[C@@H](O)CC(=O)O2)C(c2ccc(F)cc2)=C1c1ccccc1. The number of nitrogens with one attached hydrogen (secondary N) is 1. The molecule has 2 aliphatic rings.